The van der Waals surface area contributed by atoms with Crippen molar-refractivity contribution in [3.8, 4) is 0 Å². The predicted octanol–water partition coefficient (Wildman–Crippen LogP) is 2.16. The van der Waals surface area contributed by atoms with E-state index in [2.05, 4.69) is 17.3 Å². The quantitative estimate of drug-likeness (QED) is 0.735. The van der Waals surface area contributed by atoms with Gasteiger partial charge in [-0.15, -0.1) is 12.4 Å². The molecule has 88 valence electrons. The number of aromatic nitrogens is 2. The van der Waals surface area contributed by atoms with E-state index in [-0.39, 0.29) is 19.1 Å². The first-order chi connectivity index (χ1) is 6.88. The number of hydrogen-bond donors (Lipinski definition) is 1. The maximum absolute atomic E-state index is 12.1. The fraction of sp³-hybridized carbons (Fsp3) is 0.700. The third-order valence-electron chi connectivity index (χ3n) is 2.11. The van der Waals surface area contributed by atoms with Crippen LogP contribution in [0.25, 0.3) is 0 Å². The van der Waals surface area contributed by atoms with Gasteiger partial charge in [0.05, 0.1) is 12.2 Å². The largest absolute Gasteiger partial charge is 0.311 e. The molecule has 0 amide bonds. The van der Waals surface area contributed by atoms with Crippen LogP contribution in [0.5, 0.6) is 0 Å². The Morgan fingerprint density at radius 1 is 1.53 bits per heavy atom. The molecule has 0 aliphatic rings. The molecule has 0 saturated heterocycles. The van der Waals surface area contributed by atoms with E-state index in [0.29, 0.717) is 6.54 Å². The molecule has 0 spiro atoms. The summed E-state index contributed by atoms with van der Waals surface area (Å²) in [6.07, 6.45) is 4.08. The molecule has 1 aromatic rings. The average molecular weight is 236 g/mol. The fourth-order valence-electron chi connectivity index (χ4n) is 1.31. The first-order valence-corrected chi connectivity index (χ1v) is 5.16. The molecular weight excluding hydrogens is 217 g/mol. The minimum absolute atomic E-state index is 0. The summed E-state index contributed by atoms with van der Waals surface area (Å²) in [6.45, 7) is 3.95. The molecular formula is C10H19ClFN3. The van der Waals surface area contributed by atoms with Gasteiger partial charge in [0.15, 0.2) is 0 Å². The summed E-state index contributed by atoms with van der Waals surface area (Å²) in [6, 6.07) is 1.93. The van der Waals surface area contributed by atoms with Crippen molar-refractivity contribution in [2.24, 2.45) is 0 Å². The van der Waals surface area contributed by atoms with E-state index in [1.54, 1.807) is 10.9 Å². The highest BCUT2D eigenvalue weighted by Crippen LogP contribution is 1.98. The molecule has 0 aliphatic carbocycles. The van der Waals surface area contributed by atoms with Crippen LogP contribution in [0.2, 0.25) is 0 Å². The number of rotatable bonds is 7. The number of nitrogens with one attached hydrogen (secondary N) is 1. The summed E-state index contributed by atoms with van der Waals surface area (Å²) in [4.78, 5) is 0. The Labute approximate surface area is 96.5 Å². The van der Waals surface area contributed by atoms with Crippen molar-refractivity contribution in [2.75, 3.05) is 13.2 Å². The normalized spacial score (nSPS) is 10.0. The van der Waals surface area contributed by atoms with Crippen LogP contribution >= 0.6 is 12.4 Å². The second kappa shape index (κ2) is 8.68. The molecule has 0 unspecified atom stereocenters. The molecule has 0 saturated carbocycles. The van der Waals surface area contributed by atoms with Crippen LogP contribution in [0.4, 0.5) is 4.39 Å². The van der Waals surface area contributed by atoms with Gasteiger partial charge < -0.3 is 5.32 Å². The van der Waals surface area contributed by atoms with Crippen molar-refractivity contribution < 1.29 is 4.39 Å². The van der Waals surface area contributed by atoms with Gasteiger partial charge in [-0.1, -0.05) is 13.3 Å². The smallest absolute Gasteiger partial charge is 0.109 e. The van der Waals surface area contributed by atoms with Crippen LogP contribution in [-0.2, 0) is 13.1 Å². The summed E-state index contributed by atoms with van der Waals surface area (Å²) in [5, 5.41) is 7.35. The molecule has 1 N–H and O–H groups in total. The van der Waals surface area contributed by atoms with E-state index in [1.165, 1.54) is 12.8 Å². The highest BCUT2D eigenvalue weighted by molar-refractivity contribution is 5.85. The van der Waals surface area contributed by atoms with Gasteiger partial charge in [0.25, 0.3) is 0 Å². The molecule has 1 heterocycles. The van der Waals surface area contributed by atoms with E-state index < -0.39 is 0 Å². The molecule has 0 radical (unpaired) electrons. The summed E-state index contributed by atoms with van der Waals surface area (Å²) < 4.78 is 13.8. The molecule has 5 heteroatoms. The molecule has 0 aliphatic heterocycles. The zero-order chi connectivity index (χ0) is 10.2. The lowest BCUT2D eigenvalue weighted by molar-refractivity contribution is 0.417. The van der Waals surface area contributed by atoms with Gasteiger partial charge in [-0.3, -0.25) is 4.68 Å². The number of halogens is 2. The summed E-state index contributed by atoms with van der Waals surface area (Å²) in [5.74, 6) is 0. The monoisotopic (exact) mass is 235 g/mol. The Hall–Kier alpha value is -0.610. The third-order valence-corrected chi connectivity index (χ3v) is 2.11. The van der Waals surface area contributed by atoms with Crippen molar-refractivity contribution >= 4 is 12.4 Å². The minimum atomic E-state index is -0.357. The zero-order valence-corrected chi connectivity index (χ0v) is 9.89. The van der Waals surface area contributed by atoms with Crippen molar-refractivity contribution in [3.63, 3.8) is 0 Å². The Bertz CT molecular complexity index is 253. The van der Waals surface area contributed by atoms with Crippen LogP contribution < -0.4 is 5.32 Å². The van der Waals surface area contributed by atoms with Gasteiger partial charge in [-0.25, -0.2) is 4.39 Å². The van der Waals surface area contributed by atoms with E-state index in [4.69, 9.17) is 0 Å². The molecule has 0 atom stereocenters. The second-order valence-corrected chi connectivity index (χ2v) is 3.26. The van der Waals surface area contributed by atoms with Crippen LogP contribution in [0.1, 0.15) is 25.5 Å². The second-order valence-electron chi connectivity index (χ2n) is 3.26. The molecule has 0 bridgehead atoms. The van der Waals surface area contributed by atoms with Crippen molar-refractivity contribution in [3.05, 3.63) is 18.0 Å². The van der Waals surface area contributed by atoms with Gasteiger partial charge in [0, 0.05) is 12.7 Å². The maximum atomic E-state index is 12.1. The lowest BCUT2D eigenvalue weighted by Crippen LogP contribution is -2.18. The topological polar surface area (TPSA) is 29.9 Å². The Kier molecular flexibility index (Phi) is 8.33. The Balaban J connectivity index is 0.00000196. The molecule has 1 aromatic heterocycles. The van der Waals surface area contributed by atoms with Crippen molar-refractivity contribution in [2.45, 2.75) is 32.9 Å². The number of hydrogen-bond acceptors (Lipinski definition) is 2. The van der Waals surface area contributed by atoms with Gasteiger partial charge in [-0.2, -0.15) is 5.10 Å². The highest BCUT2D eigenvalue weighted by Gasteiger charge is 2.00. The molecule has 3 nitrogen and oxygen atoms in total. The summed E-state index contributed by atoms with van der Waals surface area (Å²) in [7, 11) is 0. The van der Waals surface area contributed by atoms with Crippen LogP contribution in [-0.4, -0.2) is 23.0 Å². The third kappa shape index (κ3) is 5.14. The summed E-state index contributed by atoms with van der Waals surface area (Å²) >= 11 is 0. The molecule has 1 rings (SSSR count). The standard InChI is InChI=1S/C10H18FN3.ClH/c1-2-3-6-12-9-10-4-7-13-14(10)8-5-11;/h4,7,12H,2-3,5-6,8-9H2,1H3;1H. The van der Waals surface area contributed by atoms with E-state index in [1.807, 2.05) is 6.07 Å². The predicted molar refractivity (Wildman–Crippen MR) is 62.1 cm³/mol. The van der Waals surface area contributed by atoms with Gasteiger partial charge >= 0.3 is 0 Å². The van der Waals surface area contributed by atoms with E-state index >= 15 is 0 Å². The van der Waals surface area contributed by atoms with E-state index in [9.17, 15) is 4.39 Å². The van der Waals surface area contributed by atoms with Crippen molar-refractivity contribution in [1.29, 1.82) is 0 Å². The number of alkyl halides is 1. The molecule has 15 heavy (non-hydrogen) atoms. The van der Waals surface area contributed by atoms with Gasteiger partial charge in [0.2, 0.25) is 0 Å². The van der Waals surface area contributed by atoms with E-state index in [0.717, 1.165) is 18.8 Å². The minimum Gasteiger partial charge on any atom is -0.311 e. The van der Waals surface area contributed by atoms with Gasteiger partial charge in [-0.05, 0) is 19.0 Å². The van der Waals surface area contributed by atoms with Crippen LogP contribution in [0.3, 0.4) is 0 Å². The lowest BCUT2D eigenvalue weighted by atomic mass is 10.3. The Morgan fingerprint density at radius 3 is 3.00 bits per heavy atom. The van der Waals surface area contributed by atoms with Crippen molar-refractivity contribution in [1.82, 2.24) is 15.1 Å². The van der Waals surface area contributed by atoms with Crippen LogP contribution in [0.15, 0.2) is 12.3 Å². The van der Waals surface area contributed by atoms with Crippen LogP contribution in [0, 0.1) is 0 Å². The zero-order valence-electron chi connectivity index (χ0n) is 9.08. The number of nitrogens with zero attached hydrogens (tertiary/aromatic N) is 2. The number of aryl methyl sites for hydroxylation is 1. The maximum Gasteiger partial charge on any atom is 0.109 e. The fourth-order valence-corrected chi connectivity index (χ4v) is 1.31. The highest BCUT2D eigenvalue weighted by atomic mass is 35.5. The Morgan fingerprint density at radius 2 is 2.33 bits per heavy atom. The molecule has 0 fully saturated rings. The number of unbranched alkanes of at least 4 members (excludes halogenated alkanes) is 1. The first kappa shape index (κ1) is 14.4. The van der Waals surface area contributed by atoms with Gasteiger partial charge in [0.1, 0.15) is 6.67 Å². The first-order valence-electron chi connectivity index (χ1n) is 5.16. The average Bonchev–Trinajstić information content (AvgIpc) is 2.61. The summed E-state index contributed by atoms with van der Waals surface area (Å²) in [5.41, 5.74) is 1.05. The lowest BCUT2D eigenvalue weighted by Gasteiger charge is -2.06. The molecule has 0 aromatic carbocycles. The SMILES string of the molecule is CCCCNCc1ccnn1CCF.Cl.